The number of benzene rings is 1. The number of primary amides is 1. The molecule has 1 heterocycles. The second kappa shape index (κ2) is 8.22. The fourth-order valence-electron chi connectivity index (χ4n) is 2.41. The number of aromatic nitrogens is 2. The summed E-state index contributed by atoms with van der Waals surface area (Å²) in [6.45, 7) is 2.16. The molecular formula is C17H23N3O2. The van der Waals surface area contributed by atoms with Crippen LogP contribution in [0.15, 0.2) is 36.5 Å². The van der Waals surface area contributed by atoms with Crippen molar-refractivity contribution in [1.82, 2.24) is 9.97 Å². The van der Waals surface area contributed by atoms with Gasteiger partial charge in [0.25, 0.3) is 0 Å². The number of nitrogens with one attached hydrogen (secondary N) is 1. The molecular weight excluding hydrogens is 278 g/mol. The monoisotopic (exact) mass is 301 g/mol. The summed E-state index contributed by atoms with van der Waals surface area (Å²) in [5.74, 6) is 0.647. The van der Waals surface area contributed by atoms with Crippen LogP contribution < -0.4 is 5.73 Å². The van der Waals surface area contributed by atoms with E-state index in [-0.39, 0.29) is 0 Å². The Balaban J connectivity index is 2.07. The standard InChI is InChI=1S/C17H23N3O2/c1-2-3-4-8-11-15(22-17(18)21)16-19-12-14(20-16)13-9-6-5-7-10-13/h5-7,9-10,12,15H,2-4,8,11H2,1H3,(H2,18,21)(H,19,20)/t15-/m0/s1. The minimum Gasteiger partial charge on any atom is -0.438 e. The van der Waals surface area contributed by atoms with E-state index in [0.29, 0.717) is 5.82 Å². The summed E-state index contributed by atoms with van der Waals surface area (Å²) in [5, 5.41) is 0. The molecule has 0 radical (unpaired) electrons. The third-order valence-electron chi connectivity index (χ3n) is 3.55. The van der Waals surface area contributed by atoms with E-state index < -0.39 is 12.2 Å². The van der Waals surface area contributed by atoms with Crippen LogP contribution in [0.5, 0.6) is 0 Å². The van der Waals surface area contributed by atoms with Crippen LogP contribution in [0, 0.1) is 0 Å². The lowest BCUT2D eigenvalue weighted by Gasteiger charge is -2.14. The second-order valence-electron chi connectivity index (χ2n) is 5.31. The number of nitrogens with two attached hydrogens (primary N) is 1. The van der Waals surface area contributed by atoms with E-state index in [1.165, 1.54) is 12.8 Å². The quantitative estimate of drug-likeness (QED) is 0.717. The fraction of sp³-hybridized carbons (Fsp3) is 0.412. The van der Waals surface area contributed by atoms with Crippen LogP contribution in [0.3, 0.4) is 0 Å². The average molecular weight is 301 g/mol. The van der Waals surface area contributed by atoms with Gasteiger partial charge in [-0.25, -0.2) is 9.78 Å². The van der Waals surface area contributed by atoms with Crippen LogP contribution >= 0.6 is 0 Å². The molecule has 2 rings (SSSR count). The smallest absolute Gasteiger partial charge is 0.405 e. The van der Waals surface area contributed by atoms with Gasteiger partial charge in [0.05, 0.1) is 5.69 Å². The van der Waals surface area contributed by atoms with Crippen molar-refractivity contribution in [2.24, 2.45) is 5.73 Å². The number of imidazole rings is 1. The number of aromatic amines is 1. The van der Waals surface area contributed by atoms with Crippen molar-refractivity contribution in [3.05, 3.63) is 42.4 Å². The Kier molecular flexibility index (Phi) is 6.01. The number of unbranched alkanes of at least 4 members (excludes halogenated alkanes) is 3. The van der Waals surface area contributed by atoms with Crippen molar-refractivity contribution in [3.63, 3.8) is 0 Å². The Labute approximate surface area is 130 Å². The highest BCUT2D eigenvalue weighted by Gasteiger charge is 2.18. The van der Waals surface area contributed by atoms with Crippen LogP contribution in [0.25, 0.3) is 11.3 Å². The summed E-state index contributed by atoms with van der Waals surface area (Å²) >= 11 is 0. The fourth-order valence-corrected chi connectivity index (χ4v) is 2.41. The van der Waals surface area contributed by atoms with E-state index >= 15 is 0 Å². The first-order chi connectivity index (χ1) is 10.7. The molecule has 0 aliphatic rings. The molecule has 118 valence electrons. The first kappa shape index (κ1) is 16.1. The molecule has 1 atom stereocenters. The molecule has 1 amide bonds. The zero-order valence-corrected chi connectivity index (χ0v) is 12.9. The number of rotatable bonds is 8. The predicted molar refractivity (Wildman–Crippen MR) is 86.2 cm³/mol. The van der Waals surface area contributed by atoms with E-state index in [1.807, 2.05) is 36.5 Å². The number of carbonyl (C=O) groups excluding carboxylic acids is 1. The van der Waals surface area contributed by atoms with Gasteiger partial charge in [-0.1, -0.05) is 56.5 Å². The molecule has 0 saturated carbocycles. The molecule has 3 N–H and O–H groups in total. The SMILES string of the molecule is CCCCCC[C@H](OC(N)=O)c1nc(-c2ccccc2)c[nH]1. The zero-order chi connectivity index (χ0) is 15.8. The lowest BCUT2D eigenvalue weighted by atomic mass is 10.1. The van der Waals surface area contributed by atoms with Gasteiger partial charge in [0, 0.05) is 11.8 Å². The third kappa shape index (κ3) is 4.62. The van der Waals surface area contributed by atoms with Gasteiger partial charge >= 0.3 is 6.09 Å². The molecule has 0 unspecified atom stereocenters. The van der Waals surface area contributed by atoms with Crippen molar-refractivity contribution in [2.45, 2.75) is 45.1 Å². The Morgan fingerprint density at radius 3 is 2.73 bits per heavy atom. The first-order valence-electron chi connectivity index (χ1n) is 7.77. The van der Waals surface area contributed by atoms with Crippen molar-refractivity contribution in [2.75, 3.05) is 0 Å². The number of hydrogen-bond acceptors (Lipinski definition) is 3. The summed E-state index contributed by atoms with van der Waals surface area (Å²) < 4.78 is 5.21. The molecule has 0 fully saturated rings. The Morgan fingerprint density at radius 2 is 2.05 bits per heavy atom. The van der Waals surface area contributed by atoms with Gasteiger partial charge < -0.3 is 15.5 Å². The van der Waals surface area contributed by atoms with Gasteiger partial charge in [-0.2, -0.15) is 0 Å². The summed E-state index contributed by atoms with van der Waals surface area (Å²) in [7, 11) is 0. The van der Waals surface area contributed by atoms with Gasteiger partial charge in [-0.3, -0.25) is 0 Å². The number of nitrogens with zero attached hydrogens (tertiary/aromatic N) is 1. The summed E-state index contributed by atoms with van der Waals surface area (Å²) in [6, 6.07) is 9.87. The van der Waals surface area contributed by atoms with Crippen molar-refractivity contribution < 1.29 is 9.53 Å². The number of carbonyl (C=O) groups is 1. The Morgan fingerprint density at radius 1 is 1.27 bits per heavy atom. The second-order valence-corrected chi connectivity index (χ2v) is 5.31. The molecule has 0 bridgehead atoms. The minimum atomic E-state index is -0.766. The third-order valence-corrected chi connectivity index (χ3v) is 3.55. The van der Waals surface area contributed by atoms with Crippen LogP contribution in [-0.2, 0) is 4.74 Å². The van der Waals surface area contributed by atoms with Crippen molar-refractivity contribution >= 4 is 6.09 Å². The van der Waals surface area contributed by atoms with Gasteiger partial charge in [0.1, 0.15) is 5.82 Å². The van der Waals surface area contributed by atoms with Gasteiger partial charge in [-0.15, -0.1) is 0 Å². The van der Waals surface area contributed by atoms with E-state index in [1.54, 1.807) is 0 Å². The molecule has 5 nitrogen and oxygen atoms in total. The first-order valence-corrected chi connectivity index (χ1v) is 7.77. The molecule has 0 aliphatic carbocycles. The van der Waals surface area contributed by atoms with Gasteiger partial charge in [0.2, 0.25) is 0 Å². The van der Waals surface area contributed by atoms with E-state index in [4.69, 9.17) is 10.5 Å². The largest absolute Gasteiger partial charge is 0.438 e. The van der Waals surface area contributed by atoms with Gasteiger partial charge in [-0.05, 0) is 12.8 Å². The molecule has 1 aromatic heterocycles. The number of hydrogen-bond donors (Lipinski definition) is 2. The number of ether oxygens (including phenoxy) is 1. The van der Waals surface area contributed by atoms with E-state index in [2.05, 4.69) is 16.9 Å². The summed E-state index contributed by atoms with van der Waals surface area (Å²) in [4.78, 5) is 18.8. The van der Waals surface area contributed by atoms with Crippen LogP contribution in [0.2, 0.25) is 0 Å². The summed E-state index contributed by atoms with van der Waals surface area (Å²) in [5.41, 5.74) is 7.03. The molecule has 1 aromatic carbocycles. The topological polar surface area (TPSA) is 81.0 Å². The van der Waals surface area contributed by atoms with E-state index in [9.17, 15) is 4.79 Å². The van der Waals surface area contributed by atoms with Crippen molar-refractivity contribution in [3.8, 4) is 11.3 Å². The zero-order valence-electron chi connectivity index (χ0n) is 12.9. The molecule has 0 spiro atoms. The number of H-pyrrole nitrogens is 1. The van der Waals surface area contributed by atoms with Crippen LogP contribution in [0.1, 0.15) is 51.0 Å². The highest BCUT2D eigenvalue weighted by Crippen LogP contribution is 2.25. The van der Waals surface area contributed by atoms with Crippen LogP contribution in [-0.4, -0.2) is 16.1 Å². The maximum atomic E-state index is 11.1. The minimum absolute atomic E-state index is 0.410. The van der Waals surface area contributed by atoms with Gasteiger partial charge in [0.15, 0.2) is 6.10 Å². The Hall–Kier alpha value is -2.30. The number of amides is 1. The molecule has 0 aliphatic heterocycles. The van der Waals surface area contributed by atoms with E-state index in [0.717, 1.165) is 30.5 Å². The molecule has 0 saturated heterocycles. The normalized spacial score (nSPS) is 12.0. The summed E-state index contributed by atoms with van der Waals surface area (Å²) in [6.07, 6.45) is 5.81. The van der Waals surface area contributed by atoms with Crippen LogP contribution in [0.4, 0.5) is 4.79 Å². The maximum Gasteiger partial charge on any atom is 0.405 e. The molecule has 2 aromatic rings. The molecule has 22 heavy (non-hydrogen) atoms. The lowest BCUT2D eigenvalue weighted by molar-refractivity contribution is 0.0947. The maximum absolute atomic E-state index is 11.1. The predicted octanol–water partition coefficient (Wildman–Crippen LogP) is 4.18. The molecule has 5 heteroatoms. The highest BCUT2D eigenvalue weighted by molar-refractivity contribution is 5.65. The average Bonchev–Trinajstić information content (AvgIpc) is 3.01. The van der Waals surface area contributed by atoms with Crippen molar-refractivity contribution in [1.29, 1.82) is 0 Å². The highest BCUT2D eigenvalue weighted by atomic mass is 16.6. The Bertz CT molecular complexity index is 581. The lowest BCUT2D eigenvalue weighted by Crippen LogP contribution is -2.18.